The molecule has 0 spiro atoms. The molecule has 0 aliphatic carbocycles. The van der Waals surface area contributed by atoms with E-state index in [0.717, 1.165) is 11.3 Å². The molecule has 1 saturated heterocycles. The van der Waals surface area contributed by atoms with Gasteiger partial charge in [0.25, 0.3) is 0 Å². The van der Waals surface area contributed by atoms with Crippen molar-refractivity contribution in [1.82, 2.24) is 10.2 Å². The average molecular weight is 290 g/mol. The first-order valence-corrected chi connectivity index (χ1v) is 7.30. The largest absolute Gasteiger partial charge is 0.497 e. The van der Waals surface area contributed by atoms with Crippen LogP contribution in [0, 0.1) is 0 Å². The summed E-state index contributed by atoms with van der Waals surface area (Å²) < 4.78 is 5.20. The highest BCUT2D eigenvalue weighted by Crippen LogP contribution is 2.17. The van der Waals surface area contributed by atoms with Gasteiger partial charge in [0.2, 0.25) is 11.8 Å². The standard InChI is InChI=1S/C16H22N2O3/c1-4-14-15(19)17-11(2)16(20)18(14)9-8-12-6-5-7-13(10-12)21-3/h5-7,10-11,14H,4,8-9H2,1-3H3,(H,17,19). The van der Waals surface area contributed by atoms with Gasteiger partial charge in [0.15, 0.2) is 0 Å². The normalized spacial score (nSPS) is 22.1. The molecule has 1 aromatic rings. The summed E-state index contributed by atoms with van der Waals surface area (Å²) in [6.45, 7) is 4.19. The summed E-state index contributed by atoms with van der Waals surface area (Å²) in [6.07, 6.45) is 1.34. The van der Waals surface area contributed by atoms with E-state index in [1.54, 1.807) is 18.9 Å². The molecule has 21 heavy (non-hydrogen) atoms. The van der Waals surface area contributed by atoms with Gasteiger partial charge in [-0.15, -0.1) is 0 Å². The molecule has 1 aliphatic heterocycles. The average Bonchev–Trinajstić information content (AvgIpc) is 2.49. The first-order valence-electron chi connectivity index (χ1n) is 7.30. The molecule has 1 aliphatic rings. The zero-order valence-electron chi connectivity index (χ0n) is 12.8. The minimum absolute atomic E-state index is 0.00986. The van der Waals surface area contributed by atoms with Crippen LogP contribution in [-0.2, 0) is 16.0 Å². The summed E-state index contributed by atoms with van der Waals surface area (Å²) in [5.74, 6) is 0.732. The van der Waals surface area contributed by atoms with Gasteiger partial charge in [-0.1, -0.05) is 19.1 Å². The molecule has 1 aromatic carbocycles. The van der Waals surface area contributed by atoms with Crippen molar-refractivity contribution in [3.63, 3.8) is 0 Å². The SMILES string of the molecule is CCC1C(=O)NC(C)C(=O)N1CCc1cccc(OC)c1. The lowest BCUT2D eigenvalue weighted by Gasteiger charge is -2.37. The van der Waals surface area contributed by atoms with Gasteiger partial charge in [-0.05, 0) is 37.5 Å². The van der Waals surface area contributed by atoms with Gasteiger partial charge in [-0.3, -0.25) is 9.59 Å². The number of hydrogen-bond donors (Lipinski definition) is 1. The fourth-order valence-electron chi connectivity index (χ4n) is 2.66. The van der Waals surface area contributed by atoms with Crippen molar-refractivity contribution in [1.29, 1.82) is 0 Å². The van der Waals surface area contributed by atoms with Crippen LogP contribution in [0.1, 0.15) is 25.8 Å². The van der Waals surface area contributed by atoms with E-state index in [1.807, 2.05) is 31.2 Å². The van der Waals surface area contributed by atoms with Crippen molar-refractivity contribution in [3.05, 3.63) is 29.8 Å². The maximum absolute atomic E-state index is 12.3. The number of methoxy groups -OCH3 is 1. The summed E-state index contributed by atoms with van der Waals surface area (Å²) in [7, 11) is 1.63. The van der Waals surface area contributed by atoms with E-state index in [-0.39, 0.29) is 17.9 Å². The number of ether oxygens (including phenoxy) is 1. The second kappa shape index (κ2) is 6.61. The van der Waals surface area contributed by atoms with Crippen molar-refractivity contribution in [3.8, 4) is 5.75 Å². The van der Waals surface area contributed by atoms with E-state index in [2.05, 4.69) is 5.32 Å². The second-order valence-corrected chi connectivity index (χ2v) is 5.29. The fraction of sp³-hybridized carbons (Fsp3) is 0.500. The molecule has 2 amide bonds. The van der Waals surface area contributed by atoms with Gasteiger partial charge in [0.1, 0.15) is 17.8 Å². The number of nitrogens with one attached hydrogen (secondary N) is 1. The Morgan fingerprint density at radius 1 is 1.33 bits per heavy atom. The van der Waals surface area contributed by atoms with Crippen LogP contribution in [0.5, 0.6) is 5.75 Å². The van der Waals surface area contributed by atoms with E-state index in [0.29, 0.717) is 19.4 Å². The molecule has 2 unspecified atom stereocenters. The highest BCUT2D eigenvalue weighted by Gasteiger charge is 2.36. The summed E-state index contributed by atoms with van der Waals surface area (Å²) in [4.78, 5) is 25.9. The molecule has 5 nitrogen and oxygen atoms in total. The third-order valence-electron chi connectivity index (χ3n) is 3.85. The molecular weight excluding hydrogens is 268 g/mol. The van der Waals surface area contributed by atoms with Crippen LogP contribution >= 0.6 is 0 Å². The number of benzene rings is 1. The van der Waals surface area contributed by atoms with E-state index >= 15 is 0 Å². The molecule has 1 fully saturated rings. The second-order valence-electron chi connectivity index (χ2n) is 5.29. The van der Waals surface area contributed by atoms with Gasteiger partial charge >= 0.3 is 0 Å². The Labute approximate surface area is 125 Å². The Kier molecular flexibility index (Phi) is 4.83. The summed E-state index contributed by atoms with van der Waals surface area (Å²) >= 11 is 0. The molecule has 0 saturated carbocycles. The molecule has 1 heterocycles. The molecule has 114 valence electrons. The van der Waals surface area contributed by atoms with Gasteiger partial charge in [0, 0.05) is 6.54 Å². The molecule has 2 rings (SSSR count). The monoisotopic (exact) mass is 290 g/mol. The smallest absolute Gasteiger partial charge is 0.245 e. The third-order valence-corrected chi connectivity index (χ3v) is 3.85. The predicted molar refractivity (Wildman–Crippen MR) is 80.1 cm³/mol. The van der Waals surface area contributed by atoms with Crippen LogP contribution in [0.15, 0.2) is 24.3 Å². The van der Waals surface area contributed by atoms with Crippen LogP contribution < -0.4 is 10.1 Å². The molecule has 1 N–H and O–H groups in total. The first-order chi connectivity index (χ1) is 10.1. The van der Waals surface area contributed by atoms with Gasteiger partial charge in [-0.25, -0.2) is 0 Å². The highest BCUT2D eigenvalue weighted by molar-refractivity contribution is 5.96. The lowest BCUT2D eigenvalue weighted by molar-refractivity contribution is -0.148. The predicted octanol–water partition coefficient (Wildman–Crippen LogP) is 1.36. The Bertz CT molecular complexity index is 530. The lowest BCUT2D eigenvalue weighted by Crippen LogP contribution is -2.62. The number of carbonyl (C=O) groups excluding carboxylic acids is 2. The third kappa shape index (κ3) is 3.35. The Morgan fingerprint density at radius 2 is 2.10 bits per heavy atom. The van der Waals surface area contributed by atoms with E-state index in [1.165, 1.54) is 0 Å². The zero-order chi connectivity index (χ0) is 15.4. The number of carbonyl (C=O) groups is 2. The molecule has 0 aromatic heterocycles. The minimum Gasteiger partial charge on any atom is -0.497 e. The molecule has 2 atom stereocenters. The van der Waals surface area contributed by atoms with Crippen LogP contribution in [-0.4, -0.2) is 42.5 Å². The fourth-order valence-corrected chi connectivity index (χ4v) is 2.66. The van der Waals surface area contributed by atoms with E-state index in [4.69, 9.17) is 4.74 Å². The van der Waals surface area contributed by atoms with Crippen molar-refractivity contribution in [2.75, 3.05) is 13.7 Å². The minimum atomic E-state index is -0.439. The van der Waals surface area contributed by atoms with Crippen LogP contribution in [0.3, 0.4) is 0 Å². The highest BCUT2D eigenvalue weighted by atomic mass is 16.5. The summed E-state index contributed by atoms with van der Waals surface area (Å²) in [5, 5.41) is 2.73. The number of piperazine rings is 1. The van der Waals surface area contributed by atoms with Crippen molar-refractivity contribution in [2.45, 2.75) is 38.8 Å². The maximum Gasteiger partial charge on any atom is 0.245 e. The number of nitrogens with zero attached hydrogens (tertiary/aromatic N) is 1. The first kappa shape index (κ1) is 15.4. The molecule has 0 bridgehead atoms. The van der Waals surface area contributed by atoms with Gasteiger partial charge in [0.05, 0.1) is 7.11 Å². The number of amides is 2. The van der Waals surface area contributed by atoms with Crippen molar-refractivity contribution in [2.24, 2.45) is 0 Å². The Balaban J connectivity index is 2.08. The quantitative estimate of drug-likeness (QED) is 0.891. The van der Waals surface area contributed by atoms with Crippen molar-refractivity contribution >= 4 is 11.8 Å². The maximum atomic E-state index is 12.3. The topological polar surface area (TPSA) is 58.6 Å². The molecular formula is C16H22N2O3. The van der Waals surface area contributed by atoms with E-state index in [9.17, 15) is 9.59 Å². The molecule has 5 heteroatoms. The van der Waals surface area contributed by atoms with Crippen LogP contribution in [0.25, 0.3) is 0 Å². The Hall–Kier alpha value is -2.04. The Morgan fingerprint density at radius 3 is 2.76 bits per heavy atom. The van der Waals surface area contributed by atoms with Gasteiger partial charge < -0.3 is 15.0 Å². The summed E-state index contributed by atoms with van der Waals surface area (Å²) in [6, 6.07) is 6.98. The summed E-state index contributed by atoms with van der Waals surface area (Å²) in [5.41, 5.74) is 1.09. The number of hydrogen-bond acceptors (Lipinski definition) is 3. The number of rotatable bonds is 5. The lowest BCUT2D eigenvalue weighted by atomic mass is 10.0. The van der Waals surface area contributed by atoms with Crippen LogP contribution in [0.4, 0.5) is 0 Å². The van der Waals surface area contributed by atoms with Crippen LogP contribution in [0.2, 0.25) is 0 Å². The molecule has 0 radical (unpaired) electrons. The zero-order valence-corrected chi connectivity index (χ0v) is 12.8. The van der Waals surface area contributed by atoms with E-state index < -0.39 is 6.04 Å². The van der Waals surface area contributed by atoms with Crippen molar-refractivity contribution < 1.29 is 14.3 Å². The van der Waals surface area contributed by atoms with Gasteiger partial charge in [-0.2, -0.15) is 0 Å².